The highest BCUT2D eigenvalue weighted by atomic mass is 15.0. The molecule has 0 aliphatic rings. The normalized spacial score (nSPS) is 14.2. The summed E-state index contributed by atoms with van der Waals surface area (Å²) in [5.41, 5.74) is 11.2. The minimum atomic E-state index is 0.239. The Labute approximate surface area is 139 Å². The van der Waals surface area contributed by atoms with Crippen molar-refractivity contribution in [1.29, 1.82) is 0 Å². The minimum absolute atomic E-state index is 0.239. The first-order chi connectivity index (χ1) is 10.7. The van der Waals surface area contributed by atoms with E-state index in [1.165, 1.54) is 64.2 Å². The Bertz CT molecular complexity index is 209. The van der Waals surface area contributed by atoms with E-state index in [1.54, 1.807) is 0 Å². The number of hydrogen-bond donors (Lipinski definition) is 4. The Morgan fingerprint density at radius 2 is 1.23 bits per heavy atom. The van der Waals surface area contributed by atoms with Crippen LogP contribution in [0.2, 0.25) is 0 Å². The Morgan fingerprint density at radius 3 is 1.73 bits per heavy atom. The first kappa shape index (κ1) is 21.8. The summed E-state index contributed by atoms with van der Waals surface area (Å²) in [6.45, 7) is 8.18. The molecule has 4 nitrogen and oxygen atoms in total. The predicted molar refractivity (Wildman–Crippen MR) is 99.2 cm³/mol. The van der Waals surface area contributed by atoms with Crippen molar-refractivity contribution in [2.75, 3.05) is 26.2 Å². The molecule has 0 fully saturated rings. The molecular formula is C18H42N4. The van der Waals surface area contributed by atoms with E-state index >= 15 is 0 Å². The van der Waals surface area contributed by atoms with Crippen LogP contribution in [0.3, 0.4) is 0 Å². The fourth-order valence-corrected chi connectivity index (χ4v) is 2.59. The summed E-state index contributed by atoms with van der Waals surface area (Å²) >= 11 is 0. The highest BCUT2D eigenvalue weighted by Gasteiger charge is 2.01. The van der Waals surface area contributed by atoms with E-state index in [1.807, 2.05) is 6.92 Å². The van der Waals surface area contributed by atoms with Crippen LogP contribution in [0.4, 0.5) is 0 Å². The Morgan fingerprint density at radius 1 is 0.727 bits per heavy atom. The molecule has 4 heteroatoms. The average Bonchev–Trinajstić information content (AvgIpc) is 2.49. The van der Waals surface area contributed by atoms with E-state index in [-0.39, 0.29) is 6.04 Å². The van der Waals surface area contributed by atoms with Crippen LogP contribution in [0.5, 0.6) is 0 Å². The Balaban J connectivity index is 3.08. The van der Waals surface area contributed by atoms with Crippen molar-refractivity contribution in [2.24, 2.45) is 11.5 Å². The third-order valence-electron chi connectivity index (χ3n) is 4.05. The molecule has 0 aliphatic carbocycles. The number of nitrogens with one attached hydrogen (secondary N) is 2. The number of nitrogens with two attached hydrogens (primary N) is 2. The van der Waals surface area contributed by atoms with Crippen molar-refractivity contribution in [3.05, 3.63) is 0 Å². The summed E-state index contributed by atoms with van der Waals surface area (Å²) in [5.74, 6) is 0. The molecular weight excluding hydrogens is 272 g/mol. The first-order valence-corrected chi connectivity index (χ1v) is 9.56. The molecule has 2 unspecified atom stereocenters. The molecule has 0 rings (SSSR count). The highest BCUT2D eigenvalue weighted by Crippen LogP contribution is 2.10. The molecule has 0 saturated carbocycles. The topological polar surface area (TPSA) is 76.1 Å². The summed E-state index contributed by atoms with van der Waals surface area (Å²) in [4.78, 5) is 0. The van der Waals surface area contributed by atoms with Gasteiger partial charge in [0.15, 0.2) is 0 Å². The van der Waals surface area contributed by atoms with Gasteiger partial charge in [-0.15, -0.1) is 0 Å². The maximum absolute atomic E-state index is 5.73. The molecule has 0 saturated heterocycles. The molecule has 134 valence electrons. The van der Waals surface area contributed by atoms with E-state index in [0.29, 0.717) is 6.04 Å². The second-order valence-electron chi connectivity index (χ2n) is 6.81. The maximum Gasteiger partial charge on any atom is 0.0164 e. The number of rotatable bonds is 17. The molecule has 0 radical (unpaired) electrons. The van der Waals surface area contributed by atoms with Crippen LogP contribution in [-0.4, -0.2) is 38.3 Å². The standard InChI is InChI=1S/C18H42N4/c1-17(20)15-22-18(2)16-21-14-12-10-8-6-4-3-5-7-9-11-13-19/h17-18,21-22H,3-16,19-20H2,1-2H3. The zero-order valence-corrected chi connectivity index (χ0v) is 15.2. The second-order valence-corrected chi connectivity index (χ2v) is 6.81. The van der Waals surface area contributed by atoms with Crippen molar-refractivity contribution in [3.63, 3.8) is 0 Å². The molecule has 0 aliphatic heterocycles. The van der Waals surface area contributed by atoms with Gasteiger partial charge in [0.2, 0.25) is 0 Å². The highest BCUT2D eigenvalue weighted by molar-refractivity contribution is 4.67. The summed E-state index contributed by atoms with van der Waals surface area (Å²) < 4.78 is 0. The van der Waals surface area contributed by atoms with Crippen LogP contribution < -0.4 is 22.1 Å². The Kier molecular flexibility index (Phi) is 17.1. The quantitative estimate of drug-likeness (QED) is 0.311. The molecule has 0 amide bonds. The van der Waals surface area contributed by atoms with E-state index in [0.717, 1.165) is 26.2 Å². The zero-order valence-electron chi connectivity index (χ0n) is 15.2. The Hall–Kier alpha value is -0.160. The van der Waals surface area contributed by atoms with Gasteiger partial charge in [-0.05, 0) is 39.8 Å². The molecule has 0 aromatic heterocycles. The molecule has 0 bridgehead atoms. The van der Waals surface area contributed by atoms with Crippen molar-refractivity contribution in [1.82, 2.24) is 10.6 Å². The minimum Gasteiger partial charge on any atom is -0.330 e. The van der Waals surface area contributed by atoms with E-state index < -0.39 is 0 Å². The lowest BCUT2D eigenvalue weighted by molar-refractivity contribution is 0.474. The van der Waals surface area contributed by atoms with Crippen molar-refractivity contribution in [3.8, 4) is 0 Å². The largest absolute Gasteiger partial charge is 0.330 e. The summed E-state index contributed by atoms with van der Waals surface area (Å²) in [5, 5.41) is 6.96. The molecule has 0 aromatic carbocycles. The first-order valence-electron chi connectivity index (χ1n) is 9.56. The van der Waals surface area contributed by atoms with Gasteiger partial charge in [-0.1, -0.05) is 51.4 Å². The van der Waals surface area contributed by atoms with Gasteiger partial charge >= 0.3 is 0 Å². The fraction of sp³-hybridized carbons (Fsp3) is 1.00. The summed E-state index contributed by atoms with van der Waals surface area (Å²) in [6, 6.07) is 0.744. The molecule has 0 aromatic rings. The van der Waals surface area contributed by atoms with Crippen molar-refractivity contribution < 1.29 is 0 Å². The molecule has 0 spiro atoms. The lowest BCUT2D eigenvalue weighted by Crippen LogP contribution is -2.41. The SMILES string of the molecule is CC(N)CNC(C)CNCCCCCCCCCCCCN. The van der Waals surface area contributed by atoms with Crippen molar-refractivity contribution >= 4 is 0 Å². The van der Waals surface area contributed by atoms with Crippen molar-refractivity contribution in [2.45, 2.75) is 90.1 Å². The van der Waals surface area contributed by atoms with E-state index in [2.05, 4.69) is 17.6 Å². The summed E-state index contributed by atoms with van der Waals surface area (Å²) in [6.07, 6.45) is 13.6. The van der Waals surface area contributed by atoms with Gasteiger partial charge in [0.25, 0.3) is 0 Å². The average molecular weight is 315 g/mol. The van der Waals surface area contributed by atoms with Crippen LogP contribution >= 0.6 is 0 Å². The zero-order chi connectivity index (χ0) is 16.5. The van der Waals surface area contributed by atoms with E-state index in [9.17, 15) is 0 Å². The number of unbranched alkanes of at least 4 members (excludes halogenated alkanes) is 9. The van der Waals surface area contributed by atoms with Crippen LogP contribution in [0.15, 0.2) is 0 Å². The third kappa shape index (κ3) is 17.9. The lowest BCUT2D eigenvalue weighted by Gasteiger charge is -2.16. The maximum atomic E-state index is 5.73. The number of hydrogen-bond acceptors (Lipinski definition) is 4. The second kappa shape index (κ2) is 17.2. The van der Waals surface area contributed by atoms with Gasteiger partial charge in [-0.2, -0.15) is 0 Å². The van der Waals surface area contributed by atoms with Gasteiger partial charge in [-0.3, -0.25) is 0 Å². The molecule has 2 atom stereocenters. The van der Waals surface area contributed by atoms with Gasteiger partial charge in [-0.25, -0.2) is 0 Å². The van der Waals surface area contributed by atoms with Gasteiger partial charge < -0.3 is 22.1 Å². The van der Waals surface area contributed by atoms with Crippen LogP contribution in [0.1, 0.15) is 78.1 Å². The van der Waals surface area contributed by atoms with Crippen LogP contribution in [0.25, 0.3) is 0 Å². The summed E-state index contributed by atoms with van der Waals surface area (Å²) in [7, 11) is 0. The van der Waals surface area contributed by atoms with Gasteiger partial charge in [0.1, 0.15) is 0 Å². The fourth-order valence-electron chi connectivity index (χ4n) is 2.59. The van der Waals surface area contributed by atoms with Crippen LogP contribution in [-0.2, 0) is 0 Å². The predicted octanol–water partition coefficient (Wildman–Crippen LogP) is 2.76. The van der Waals surface area contributed by atoms with Gasteiger partial charge in [0.05, 0.1) is 0 Å². The van der Waals surface area contributed by atoms with E-state index in [4.69, 9.17) is 11.5 Å². The third-order valence-corrected chi connectivity index (χ3v) is 4.05. The monoisotopic (exact) mass is 314 g/mol. The van der Waals surface area contributed by atoms with Crippen LogP contribution in [0, 0.1) is 0 Å². The molecule has 6 N–H and O–H groups in total. The molecule has 0 heterocycles. The van der Waals surface area contributed by atoms with Gasteiger partial charge in [0, 0.05) is 25.2 Å². The molecule has 22 heavy (non-hydrogen) atoms. The lowest BCUT2D eigenvalue weighted by atomic mass is 10.1. The smallest absolute Gasteiger partial charge is 0.0164 e.